The van der Waals surface area contributed by atoms with E-state index in [1.165, 1.54) is 11.5 Å². The van der Waals surface area contributed by atoms with Gasteiger partial charge in [0.1, 0.15) is 5.01 Å². The lowest BCUT2D eigenvalue weighted by molar-refractivity contribution is 1.34. The van der Waals surface area contributed by atoms with Gasteiger partial charge in [0, 0.05) is 15.6 Å². The predicted octanol–water partition coefficient (Wildman–Crippen LogP) is 3.09. The molecule has 0 amide bonds. The zero-order valence-electron chi connectivity index (χ0n) is 6.87. The molecule has 0 saturated heterocycles. The molecular weight excluding hydrogens is 241 g/mol. The van der Waals surface area contributed by atoms with Gasteiger partial charge in [0.15, 0.2) is 0 Å². The van der Waals surface area contributed by atoms with Crippen LogP contribution in [0.3, 0.4) is 0 Å². The molecular formula is C8H5Cl2N3S. The molecule has 0 spiro atoms. The molecule has 0 unspecified atom stereocenters. The molecule has 0 radical (unpaired) electrons. The number of nitrogens with zero attached hydrogens (tertiary/aromatic N) is 2. The molecule has 0 bridgehead atoms. The van der Waals surface area contributed by atoms with Gasteiger partial charge in [-0.25, -0.2) is 0 Å². The Morgan fingerprint density at radius 3 is 2.29 bits per heavy atom. The van der Waals surface area contributed by atoms with Crippen LogP contribution in [0.5, 0.6) is 0 Å². The van der Waals surface area contributed by atoms with E-state index in [9.17, 15) is 0 Å². The molecule has 2 rings (SSSR count). The summed E-state index contributed by atoms with van der Waals surface area (Å²) in [5, 5.41) is 1.86. The number of aromatic nitrogens is 2. The Hall–Kier alpha value is -0.840. The first-order valence-electron chi connectivity index (χ1n) is 3.71. The van der Waals surface area contributed by atoms with Crippen LogP contribution in [0.1, 0.15) is 0 Å². The fourth-order valence-corrected chi connectivity index (χ4v) is 2.13. The minimum atomic E-state index is 0.265. The van der Waals surface area contributed by atoms with Crippen molar-refractivity contribution in [1.29, 1.82) is 0 Å². The van der Waals surface area contributed by atoms with Crippen LogP contribution in [0.15, 0.2) is 18.2 Å². The van der Waals surface area contributed by atoms with Crippen molar-refractivity contribution in [2.24, 2.45) is 0 Å². The second-order valence-corrected chi connectivity index (χ2v) is 4.24. The van der Waals surface area contributed by atoms with Crippen LogP contribution in [-0.4, -0.2) is 9.36 Å². The molecule has 0 saturated carbocycles. The summed E-state index contributed by atoms with van der Waals surface area (Å²) >= 11 is 12.9. The molecule has 0 fully saturated rings. The maximum absolute atomic E-state index is 5.85. The van der Waals surface area contributed by atoms with Gasteiger partial charge >= 0.3 is 0 Å². The quantitative estimate of drug-likeness (QED) is 0.841. The third-order valence-corrected chi connectivity index (χ3v) is 2.77. The fraction of sp³-hybridized carbons (Fsp3) is 0. The summed E-state index contributed by atoms with van der Waals surface area (Å²) in [5.74, 6) is 0.265. The van der Waals surface area contributed by atoms with Crippen molar-refractivity contribution in [2.45, 2.75) is 0 Å². The molecule has 2 N–H and O–H groups in total. The molecule has 72 valence electrons. The van der Waals surface area contributed by atoms with Crippen LogP contribution in [0.4, 0.5) is 5.95 Å². The number of nitrogen functional groups attached to an aromatic ring is 1. The van der Waals surface area contributed by atoms with E-state index in [1.54, 1.807) is 18.2 Å². The van der Waals surface area contributed by atoms with Gasteiger partial charge in [0.25, 0.3) is 0 Å². The second-order valence-electron chi connectivity index (χ2n) is 2.62. The molecule has 1 heterocycles. The average molecular weight is 246 g/mol. The molecule has 0 aliphatic rings. The van der Waals surface area contributed by atoms with Gasteiger partial charge in [-0.3, -0.25) is 0 Å². The SMILES string of the molecule is Nc1nsc(-c2cc(Cl)cc(Cl)c2)n1. The highest BCUT2D eigenvalue weighted by Crippen LogP contribution is 2.28. The van der Waals surface area contributed by atoms with Gasteiger partial charge < -0.3 is 5.73 Å². The van der Waals surface area contributed by atoms with Crippen LogP contribution in [0.2, 0.25) is 10.0 Å². The molecule has 0 atom stereocenters. The predicted molar refractivity (Wildman–Crippen MR) is 59.8 cm³/mol. The maximum Gasteiger partial charge on any atom is 0.232 e. The van der Waals surface area contributed by atoms with Gasteiger partial charge in [0.05, 0.1) is 0 Å². The van der Waals surface area contributed by atoms with Crippen molar-refractivity contribution in [2.75, 3.05) is 5.73 Å². The first-order valence-corrected chi connectivity index (χ1v) is 5.24. The number of rotatable bonds is 1. The number of benzene rings is 1. The van der Waals surface area contributed by atoms with Gasteiger partial charge in [-0.05, 0) is 29.7 Å². The van der Waals surface area contributed by atoms with E-state index in [0.717, 1.165) is 5.56 Å². The normalized spacial score (nSPS) is 10.4. The Labute approximate surface area is 94.7 Å². The Morgan fingerprint density at radius 1 is 1.14 bits per heavy atom. The summed E-state index contributed by atoms with van der Waals surface area (Å²) in [6, 6.07) is 5.21. The molecule has 1 aromatic heterocycles. The van der Waals surface area contributed by atoms with Crippen molar-refractivity contribution >= 4 is 40.7 Å². The summed E-state index contributed by atoms with van der Waals surface area (Å²) < 4.78 is 3.87. The van der Waals surface area contributed by atoms with E-state index in [0.29, 0.717) is 15.1 Å². The first kappa shape index (κ1) is 9.71. The highest BCUT2D eigenvalue weighted by molar-refractivity contribution is 7.09. The fourth-order valence-electron chi connectivity index (χ4n) is 1.03. The number of hydrogen-bond acceptors (Lipinski definition) is 4. The van der Waals surface area contributed by atoms with Crippen molar-refractivity contribution in [3.05, 3.63) is 28.2 Å². The molecule has 3 nitrogen and oxygen atoms in total. The molecule has 14 heavy (non-hydrogen) atoms. The van der Waals surface area contributed by atoms with Crippen molar-refractivity contribution in [3.8, 4) is 10.6 Å². The van der Waals surface area contributed by atoms with Gasteiger partial charge in [-0.2, -0.15) is 9.36 Å². The maximum atomic E-state index is 5.85. The number of hydrogen-bond donors (Lipinski definition) is 1. The van der Waals surface area contributed by atoms with Crippen molar-refractivity contribution in [3.63, 3.8) is 0 Å². The number of anilines is 1. The van der Waals surface area contributed by atoms with Crippen molar-refractivity contribution in [1.82, 2.24) is 9.36 Å². The number of halogens is 2. The van der Waals surface area contributed by atoms with E-state index in [1.807, 2.05) is 0 Å². The van der Waals surface area contributed by atoms with E-state index in [2.05, 4.69) is 9.36 Å². The van der Waals surface area contributed by atoms with Crippen LogP contribution >= 0.6 is 34.7 Å². The molecule has 2 aromatic rings. The lowest BCUT2D eigenvalue weighted by atomic mass is 10.2. The van der Waals surface area contributed by atoms with E-state index >= 15 is 0 Å². The highest BCUT2D eigenvalue weighted by atomic mass is 35.5. The smallest absolute Gasteiger partial charge is 0.232 e. The molecule has 6 heteroatoms. The lowest BCUT2D eigenvalue weighted by Gasteiger charge is -1.97. The first-order chi connectivity index (χ1) is 6.65. The summed E-state index contributed by atoms with van der Waals surface area (Å²) in [4.78, 5) is 4.03. The molecule has 0 aliphatic carbocycles. The summed E-state index contributed by atoms with van der Waals surface area (Å²) in [6.07, 6.45) is 0. The van der Waals surface area contributed by atoms with E-state index in [4.69, 9.17) is 28.9 Å². The largest absolute Gasteiger partial charge is 0.367 e. The van der Waals surface area contributed by atoms with Crippen LogP contribution in [0, 0.1) is 0 Å². The summed E-state index contributed by atoms with van der Waals surface area (Å²) in [6.45, 7) is 0. The summed E-state index contributed by atoms with van der Waals surface area (Å²) in [7, 11) is 0. The molecule has 0 aliphatic heterocycles. The topological polar surface area (TPSA) is 51.8 Å². The van der Waals surface area contributed by atoms with Crippen molar-refractivity contribution < 1.29 is 0 Å². The zero-order chi connectivity index (χ0) is 10.1. The zero-order valence-corrected chi connectivity index (χ0v) is 9.20. The standard InChI is InChI=1S/C8H5Cl2N3S/c9-5-1-4(2-6(10)3-5)7-12-8(11)13-14-7/h1-3H,(H2,11,13). The van der Waals surface area contributed by atoms with Gasteiger partial charge in [-0.15, -0.1) is 0 Å². The van der Waals surface area contributed by atoms with Gasteiger partial charge in [0.2, 0.25) is 5.95 Å². The highest BCUT2D eigenvalue weighted by Gasteiger charge is 2.06. The van der Waals surface area contributed by atoms with Crippen LogP contribution in [0.25, 0.3) is 10.6 Å². The lowest BCUT2D eigenvalue weighted by Crippen LogP contribution is -1.85. The summed E-state index contributed by atoms with van der Waals surface area (Å²) in [5.41, 5.74) is 6.24. The molecule has 1 aromatic carbocycles. The Morgan fingerprint density at radius 2 is 1.79 bits per heavy atom. The third-order valence-electron chi connectivity index (χ3n) is 1.55. The minimum Gasteiger partial charge on any atom is -0.367 e. The second kappa shape index (κ2) is 3.73. The third kappa shape index (κ3) is 1.97. The minimum absolute atomic E-state index is 0.265. The number of nitrogens with two attached hydrogens (primary N) is 1. The Balaban J connectivity index is 2.51. The van der Waals surface area contributed by atoms with E-state index < -0.39 is 0 Å². The van der Waals surface area contributed by atoms with Crippen LogP contribution in [-0.2, 0) is 0 Å². The Bertz CT molecular complexity index is 449. The average Bonchev–Trinajstić information content (AvgIpc) is 2.50. The van der Waals surface area contributed by atoms with Gasteiger partial charge in [-0.1, -0.05) is 23.2 Å². The Kier molecular flexibility index (Phi) is 2.58. The van der Waals surface area contributed by atoms with Crippen LogP contribution < -0.4 is 5.73 Å². The van der Waals surface area contributed by atoms with E-state index in [-0.39, 0.29) is 5.95 Å². The monoisotopic (exact) mass is 245 g/mol.